The molecule has 0 radical (unpaired) electrons. The van der Waals surface area contributed by atoms with E-state index >= 15 is 0 Å². The molecule has 0 fully saturated rings. The number of amides is 1. The molecule has 0 bridgehead atoms. The number of hydrazone groups is 1. The molecule has 0 aliphatic heterocycles. The molecule has 0 aliphatic rings. The summed E-state index contributed by atoms with van der Waals surface area (Å²) in [6.45, 7) is 0.620. The first-order valence-electron chi connectivity index (χ1n) is 9.11. The fourth-order valence-corrected chi connectivity index (χ4v) is 3.89. The fourth-order valence-electron chi connectivity index (χ4n) is 3.22. The van der Waals surface area contributed by atoms with E-state index in [2.05, 4.69) is 10.5 Å². The van der Waals surface area contributed by atoms with Crippen molar-refractivity contribution in [1.29, 1.82) is 0 Å². The summed E-state index contributed by atoms with van der Waals surface area (Å²) >= 11 is 18.0. The number of carbonyl (C=O) groups is 1. The average Bonchev–Trinajstić information content (AvgIpc) is 3.08. The zero-order valence-corrected chi connectivity index (χ0v) is 17.9. The van der Waals surface area contributed by atoms with Gasteiger partial charge in [-0.1, -0.05) is 65.1 Å². The number of rotatable bonds is 5. The van der Waals surface area contributed by atoms with Gasteiger partial charge in [0.25, 0.3) is 5.91 Å². The number of hydrogen-bond acceptors (Lipinski definition) is 2. The molecule has 30 heavy (non-hydrogen) atoms. The Labute approximate surface area is 188 Å². The Hall–Kier alpha value is -2.79. The summed E-state index contributed by atoms with van der Waals surface area (Å²) in [6.07, 6.45) is 3.34. The van der Waals surface area contributed by atoms with Gasteiger partial charge in [-0.15, -0.1) is 0 Å². The Bertz CT molecular complexity index is 1230. The molecule has 3 aromatic carbocycles. The Morgan fingerprint density at radius 2 is 1.63 bits per heavy atom. The summed E-state index contributed by atoms with van der Waals surface area (Å²) in [5, 5.41) is 6.59. The molecule has 1 heterocycles. The molecular formula is C23H16Cl3N3O. The molecule has 1 N–H and O–H groups in total. The number of aromatic nitrogens is 1. The highest BCUT2D eigenvalue weighted by Gasteiger charge is 2.14. The highest BCUT2D eigenvalue weighted by atomic mass is 35.5. The van der Waals surface area contributed by atoms with Crippen LogP contribution >= 0.6 is 34.8 Å². The maximum Gasteiger partial charge on any atom is 0.273 e. The van der Waals surface area contributed by atoms with E-state index in [1.54, 1.807) is 18.2 Å². The molecule has 150 valence electrons. The Morgan fingerprint density at radius 3 is 2.37 bits per heavy atom. The Balaban J connectivity index is 1.58. The van der Waals surface area contributed by atoms with E-state index in [9.17, 15) is 4.79 Å². The second kappa shape index (κ2) is 8.92. The third-order valence-corrected chi connectivity index (χ3v) is 5.25. The van der Waals surface area contributed by atoms with Crippen molar-refractivity contribution in [3.8, 4) is 0 Å². The van der Waals surface area contributed by atoms with Gasteiger partial charge in [-0.05, 0) is 47.5 Å². The Morgan fingerprint density at radius 1 is 0.933 bits per heavy atom. The lowest BCUT2D eigenvalue weighted by atomic mass is 10.1. The topological polar surface area (TPSA) is 46.4 Å². The molecule has 4 nitrogen and oxygen atoms in total. The van der Waals surface area contributed by atoms with E-state index in [1.165, 1.54) is 6.21 Å². The molecular weight excluding hydrogens is 441 g/mol. The smallest absolute Gasteiger partial charge is 0.273 e. The lowest BCUT2D eigenvalue weighted by Crippen LogP contribution is -2.17. The summed E-state index contributed by atoms with van der Waals surface area (Å²) in [6, 6.07) is 20.5. The van der Waals surface area contributed by atoms with Crippen LogP contribution in [0, 0.1) is 0 Å². The van der Waals surface area contributed by atoms with Crippen LogP contribution in [0.1, 0.15) is 21.5 Å². The number of nitrogens with one attached hydrogen (secondary N) is 1. The van der Waals surface area contributed by atoms with E-state index in [4.69, 9.17) is 34.8 Å². The van der Waals surface area contributed by atoms with Crippen LogP contribution in [0.5, 0.6) is 0 Å². The van der Waals surface area contributed by atoms with Gasteiger partial charge < -0.3 is 4.57 Å². The van der Waals surface area contributed by atoms with Crippen LogP contribution in [0.4, 0.5) is 0 Å². The minimum absolute atomic E-state index is 0.301. The number of para-hydroxylation sites is 1. The number of benzene rings is 3. The van der Waals surface area contributed by atoms with E-state index < -0.39 is 0 Å². The lowest BCUT2D eigenvalue weighted by Gasteiger charge is -2.05. The van der Waals surface area contributed by atoms with Crippen LogP contribution in [0.25, 0.3) is 10.9 Å². The second-order valence-electron chi connectivity index (χ2n) is 6.72. The summed E-state index contributed by atoms with van der Waals surface area (Å²) in [5.41, 5.74) is 5.86. The first-order valence-corrected chi connectivity index (χ1v) is 10.2. The van der Waals surface area contributed by atoms with Crippen molar-refractivity contribution < 1.29 is 4.79 Å². The number of hydrogen-bond donors (Lipinski definition) is 1. The molecule has 1 amide bonds. The van der Waals surface area contributed by atoms with Crippen LogP contribution in [-0.2, 0) is 6.54 Å². The lowest BCUT2D eigenvalue weighted by molar-refractivity contribution is 0.0956. The van der Waals surface area contributed by atoms with E-state index in [0.29, 0.717) is 32.7 Å². The summed E-state index contributed by atoms with van der Waals surface area (Å²) in [4.78, 5) is 12.8. The molecule has 0 saturated carbocycles. The predicted molar refractivity (Wildman–Crippen MR) is 124 cm³/mol. The van der Waals surface area contributed by atoms with Crippen LogP contribution in [0.15, 0.2) is 78.0 Å². The summed E-state index contributed by atoms with van der Waals surface area (Å²) in [7, 11) is 0. The van der Waals surface area contributed by atoms with Gasteiger partial charge in [-0.25, -0.2) is 5.43 Å². The first kappa shape index (κ1) is 20.5. The zero-order valence-electron chi connectivity index (χ0n) is 15.6. The second-order valence-corrected chi connectivity index (χ2v) is 8.03. The molecule has 4 aromatic rings. The molecule has 0 saturated heterocycles. The van der Waals surface area contributed by atoms with Crippen molar-refractivity contribution in [2.75, 3.05) is 0 Å². The molecule has 0 spiro atoms. The number of fused-ring (bicyclic) bond motifs is 1. The van der Waals surface area contributed by atoms with Crippen molar-refractivity contribution in [3.63, 3.8) is 0 Å². The highest BCUT2D eigenvalue weighted by Crippen LogP contribution is 2.23. The summed E-state index contributed by atoms with van der Waals surface area (Å²) < 4.78 is 2.04. The number of halogens is 3. The molecule has 0 unspecified atom stereocenters. The molecule has 0 aliphatic carbocycles. The minimum Gasteiger partial charge on any atom is -0.342 e. The van der Waals surface area contributed by atoms with Crippen LogP contribution in [0.2, 0.25) is 15.1 Å². The highest BCUT2D eigenvalue weighted by molar-refractivity contribution is 6.35. The number of nitrogens with zero attached hydrogens (tertiary/aromatic N) is 2. The van der Waals surface area contributed by atoms with Crippen molar-refractivity contribution in [2.24, 2.45) is 5.10 Å². The zero-order chi connectivity index (χ0) is 21.1. The minimum atomic E-state index is -0.301. The maximum atomic E-state index is 12.8. The third-order valence-electron chi connectivity index (χ3n) is 4.56. The predicted octanol–water partition coefficient (Wildman–Crippen LogP) is 6.41. The standard InChI is InChI=1S/C23H16Cl3N3O/c24-17-7-5-15(6-8-17)13-29-14-21(20-3-1-2-4-22(20)29)23(30)28-27-12-16-9-18(25)11-19(26)10-16/h1-12,14H,13H2,(H,28,30)/b27-12+. The van der Waals surface area contributed by atoms with Gasteiger partial charge in [0.1, 0.15) is 0 Å². The van der Waals surface area contributed by atoms with Gasteiger partial charge in [0.2, 0.25) is 0 Å². The van der Waals surface area contributed by atoms with Gasteiger partial charge in [-0.2, -0.15) is 5.10 Å². The Kier molecular flexibility index (Phi) is 6.09. The van der Waals surface area contributed by atoms with Crippen LogP contribution in [-0.4, -0.2) is 16.7 Å². The maximum absolute atomic E-state index is 12.8. The van der Waals surface area contributed by atoms with Crippen LogP contribution < -0.4 is 5.43 Å². The first-order chi connectivity index (χ1) is 14.5. The largest absolute Gasteiger partial charge is 0.342 e. The molecule has 7 heteroatoms. The van der Waals surface area contributed by atoms with Crippen molar-refractivity contribution >= 4 is 57.8 Å². The van der Waals surface area contributed by atoms with Crippen molar-refractivity contribution in [1.82, 2.24) is 9.99 Å². The SMILES string of the molecule is O=C(N/N=C/c1cc(Cl)cc(Cl)c1)c1cn(Cc2ccc(Cl)cc2)c2ccccc12. The summed E-state index contributed by atoms with van der Waals surface area (Å²) in [5.74, 6) is -0.301. The van der Waals surface area contributed by atoms with Crippen LogP contribution in [0.3, 0.4) is 0 Å². The quantitative estimate of drug-likeness (QED) is 0.273. The molecule has 4 rings (SSSR count). The van der Waals surface area contributed by atoms with Gasteiger partial charge in [0, 0.05) is 38.7 Å². The average molecular weight is 457 g/mol. The van der Waals surface area contributed by atoms with Gasteiger partial charge in [0.05, 0.1) is 11.8 Å². The third kappa shape index (κ3) is 4.68. The van der Waals surface area contributed by atoms with E-state index in [-0.39, 0.29) is 5.91 Å². The fraction of sp³-hybridized carbons (Fsp3) is 0.0435. The van der Waals surface area contributed by atoms with Crippen molar-refractivity contribution in [3.05, 3.63) is 105 Å². The molecule has 1 aromatic heterocycles. The normalized spacial score (nSPS) is 11.3. The van der Waals surface area contributed by atoms with Gasteiger partial charge in [0.15, 0.2) is 0 Å². The number of carbonyl (C=O) groups excluding carboxylic acids is 1. The monoisotopic (exact) mass is 455 g/mol. The van der Waals surface area contributed by atoms with Gasteiger partial charge in [-0.3, -0.25) is 4.79 Å². The van der Waals surface area contributed by atoms with Gasteiger partial charge >= 0.3 is 0 Å². The molecule has 0 atom stereocenters. The van der Waals surface area contributed by atoms with E-state index in [1.807, 2.05) is 59.3 Å². The van der Waals surface area contributed by atoms with Crippen molar-refractivity contribution in [2.45, 2.75) is 6.54 Å². The van der Waals surface area contributed by atoms with E-state index in [0.717, 1.165) is 16.5 Å².